The van der Waals surface area contributed by atoms with E-state index in [1.165, 1.54) is 12.5 Å². The van der Waals surface area contributed by atoms with E-state index in [0.29, 0.717) is 5.02 Å². The number of hydrogen-bond donors (Lipinski definition) is 2. The molecule has 4 aromatic rings. The number of ether oxygens (including phenoxy) is 1. The van der Waals surface area contributed by atoms with Gasteiger partial charge in [0.15, 0.2) is 0 Å². The predicted molar refractivity (Wildman–Crippen MR) is 171 cm³/mol. The molecular weight excluding hydrogens is 550 g/mol. The van der Waals surface area contributed by atoms with Crippen molar-refractivity contribution in [1.29, 1.82) is 0 Å². The summed E-state index contributed by atoms with van der Waals surface area (Å²) >= 11 is 11.3. The molecule has 5 rings (SSSR count). The lowest BCUT2D eigenvalue weighted by molar-refractivity contribution is -0.142. The number of aryl methyl sites for hydroxylation is 1. The van der Waals surface area contributed by atoms with Gasteiger partial charge in [0.2, 0.25) is 0 Å². The third kappa shape index (κ3) is 7.40. The van der Waals surface area contributed by atoms with Gasteiger partial charge in [0.1, 0.15) is 6.10 Å². The number of hydrogen-bond acceptors (Lipinski definition) is 5. The van der Waals surface area contributed by atoms with Gasteiger partial charge in [-0.1, -0.05) is 78.3 Å². The molecule has 0 radical (unpaired) electrons. The highest BCUT2D eigenvalue weighted by Crippen LogP contribution is 2.46. The molecule has 0 amide bonds. The highest BCUT2D eigenvalue weighted by atomic mass is 35.5. The molecular formula is C35H36ClNO3S. The van der Waals surface area contributed by atoms with E-state index in [4.69, 9.17) is 34.0 Å². The van der Waals surface area contributed by atoms with Crippen LogP contribution in [0, 0.1) is 5.92 Å². The zero-order valence-corrected chi connectivity index (χ0v) is 25.3. The third-order valence-corrected chi connectivity index (χ3v) is 8.79. The van der Waals surface area contributed by atoms with Crippen molar-refractivity contribution in [2.45, 2.75) is 62.9 Å². The number of thiol groups is 1. The second-order valence-corrected chi connectivity index (χ2v) is 12.5. The van der Waals surface area contributed by atoms with E-state index < -0.39 is 5.60 Å². The fourth-order valence-corrected chi connectivity index (χ4v) is 6.45. The van der Waals surface area contributed by atoms with Crippen LogP contribution in [0.3, 0.4) is 0 Å². The highest BCUT2D eigenvalue weighted by Gasteiger charge is 2.47. The average molecular weight is 586 g/mol. The predicted octanol–water partition coefficient (Wildman–Crippen LogP) is 8.25. The molecule has 212 valence electrons. The van der Waals surface area contributed by atoms with Gasteiger partial charge < -0.3 is 9.84 Å². The van der Waals surface area contributed by atoms with Crippen molar-refractivity contribution in [3.63, 3.8) is 0 Å². The van der Waals surface area contributed by atoms with Gasteiger partial charge >= 0.3 is 5.97 Å². The normalized spacial score (nSPS) is 18.4. The zero-order valence-electron chi connectivity index (χ0n) is 23.6. The van der Waals surface area contributed by atoms with Gasteiger partial charge in [-0.2, -0.15) is 12.6 Å². The molecule has 0 spiro atoms. The van der Waals surface area contributed by atoms with Gasteiger partial charge in [-0.25, -0.2) is 4.98 Å². The average Bonchev–Trinajstić information content (AvgIpc) is 3.70. The minimum Gasteiger partial charge on any atom is -0.462 e. The zero-order chi connectivity index (χ0) is 29.1. The number of rotatable bonds is 10. The number of fused-ring (bicyclic) bond motifs is 1. The molecule has 1 aliphatic rings. The third-order valence-electron chi connectivity index (χ3n) is 7.81. The van der Waals surface area contributed by atoms with Crippen molar-refractivity contribution in [2.75, 3.05) is 0 Å². The lowest BCUT2D eigenvalue weighted by Gasteiger charge is -2.26. The number of carbonyl (C=O) groups excluding carboxylic acids is 1. The van der Waals surface area contributed by atoms with Crippen LogP contribution in [0.25, 0.3) is 23.1 Å². The first-order valence-corrected chi connectivity index (χ1v) is 15.0. The number of carbonyl (C=O) groups is 1. The van der Waals surface area contributed by atoms with Crippen LogP contribution in [0.1, 0.15) is 67.5 Å². The minimum absolute atomic E-state index is 0.0276. The van der Waals surface area contributed by atoms with E-state index >= 15 is 0 Å². The van der Waals surface area contributed by atoms with Crippen molar-refractivity contribution in [2.24, 2.45) is 5.92 Å². The molecule has 1 saturated carbocycles. The standard InChI is InChI=1S/C35H36ClNO3S/c1-22(38)40-33-21-30(33)34(41)29(18-14-24-8-4-5-10-31(24)35(2,3)39)26-9-6-7-23(19-26)11-16-28-17-13-25-12-15-27(36)20-32(25)37-28/h4-13,15-17,19-20,29-30,33-34,39,41H,14,18,21H2,1-3H3/t29-,30?,33?,34?/m1/s1. The number of aromatic nitrogens is 1. The Kier molecular flexibility index (Phi) is 8.88. The Labute approximate surface area is 252 Å². The second kappa shape index (κ2) is 12.4. The fourth-order valence-electron chi connectivity index (χ4n) is 5.65. The van der Waals surface area contributed by atoms with Gasteiger partial charge in [-0.05, 0) is 85.6 Å². The van der Waals surface area contributed by atoms with E-state index in [-0.39, 0.29) is 29.2 Å². The Bertz CT molecular complexity index is 1580. The molecule has 4 nitrogen and oxygen atoms in total. The minimum atomic E-state index is -0.920. The van der Waals surface area contributed by atoms with Crippen molar-refractivity contribution in [3.8, 4) is 0 Å². The fraction of sp³-hybridized carbons (Fsp3) is 0.314. The monoisotopic (exact) mass is 585 g/mol. The summed E-state index contributed by atoms with van der Waals surface area (Å²) in [5, 5.41) is 12.5. The maximum absolute atomic E-state index is 11.6. The van der Waals surface area contributed by atoms with E-state index in [2.05, 4.69) is 42.5 Å². The number of nitrogens with zero attached hydrogens (tertiary/aromatic N) is 1. The van der Waals surface area contributed by atoms with Gasteiger partial charge in [0, 0.05) is 28.5 Å². The van der Waals surface area contributed by atoms with E-state index in [1.807, 2.05) is 62.4 Å². The Hall–Kier alpha value is -3.12. The number of halogens is 1. The number of aliphatic hydroxyl groups is 1. The Morgan fingerprint density at radius 2 is 1.88 bits per heavy atom. The SMILES string of the molecule is CC(=O)OC1CC1C(S)[C@H](CCc1ccccc1C(C)(C)O)c1cccc(C=Cc2ccc3ccc(Cl)cc3n2)c1. The van der Waals surface area contributed by atoms with Gasteiger partial charge in [-0.3, -0.25) is 4.79 Å². The molecule has 1 heterocycles. The summed E-state index contributed by atoms with van der Waals surface area (Å²) in [5.41, 5.74) is 5.15. The second-order valence-electron chi connectivity index (χ2n) is 11.5. The number of pyridine rings is 1. The summed E-state index contributed by atoms with van der Waals surface area (Å²) in [6, 6.07) is 26.4. The summed E-state index contributed by atoms with van der Waals surface area (Å²) < 4.78 is 5.51. The number of esters is 1. The Morgan fingerprint density at radius 3 is 2.66 bits per heavy atom. The summed E-state index contributed by atoms with van der Waals surface area (Å²) in [6.45, 7) is 5.11. The van der Waals surface area contributed by atoms with Gasteiger partial charge in [0.05, 0.1) is 16.8 Å². The lowest BCUT2D eigenvalue weighted by Crippen LogP contribution is -2.21. The summed E-state index contributed by atoms with van der Waals surface area (Å²) in [5.74, 6) is 0.100. The van der Waals surface area contributed by atoms with Crippen LogP contribution in [0.4, 0.5) is 0 Å². The summed E-state index contributed by atoms with van der Waals surface area (Å²) in [6.07, 6.45) is 6.51. The molecule has 1 N–H and O–H groups in total. The number of benzene rings is 3. The van der Waals surface area contributed by atoms with E-state index in [1.54, 1.807) is 0 Å². The summed E-state index contributed by atoms with van der Waals surface area (Å²) in [4.78, 5) is 16.3. The quantitative estimate of drug-likeness (QED) is 0.145. The van der Waals surface area contributed by atoms with E-state index in [0.717, 1.165) is 52.5 Å². The van der Waals surface area contributed by atoms with Crippen LogP contribution in [0.2, 0.25) is 5.02 Å². The molecule has 0 bridgehead atoms. The molecule has 1 fully saturated rings. The first-order chi connectivity index (χ1) is 19.6. The van der Waals surface area contributed by atoms with Crippen molar-refractivity contribution >= 4 is 53.3 Å². The molecule has 1 aliphatic carbocycles. The van der Waals surface area contributed by atoms with Crippen LogP contribution in [0.15, 0.2) is 78.9 Å². The molecule has 41 heavy (non-hydrogen) atoms. The topological polar surface area (TPSA) is 59.4 Å². The van der Waals surface area contributed by atoms with Crippen molar-refractivity contribution < 1.29 is 14.6 Å². The first-order valence-electron chi connectivity index (χ1n) is 14.1. The molecule has 6 heteroatoms. The summed E-state index contributed by atoms with van der Waals surface area (Å²) in [7, 11) is 0. The lowest BCUT2D eigenvalue weighted by atomic mass is 9.84. The molecule has 0 saturated heterocycles. The Morgan fingerprint density at radius 1 is 1.10 bits per heavy atom. The van der Waals surface area contributed by atoms with Crippen molar-refractivity contribution in [1.82, 2.24) is 4.98 Å². The Balaban J connectivity index is 1.40. The largest absolute Gasteiger partial charge is 0.462 e. The molecule has 3 unspecified atom stereocenters. The molecule has 3 aromatic carbocycles. The molecule has 4 atom stereocenters. The highest BCUT2D eigenvalue weighted by molar-refractivity contribution is 7.81. The smallest absolute Gasteiger partial charge is 0.302 e. The maximum Gasteiger partial charge on any atom is 0.302 e. The van der Waals surface area contributed by atoms with Crippen LogP contribution in [-0.2, 0) is 21.6 Å². The maximum atomic E-state index is 11.6. The van der Waals surface area contributed by atoms with Crippen molar-refractivity contribution in [3.05, 3.63) is 112 Å². The van der Waals surface area contributed by atoms with E-state index in [9.17, 15) is 9.90 Å². The molecule has 1 aromatic heterocycles. The first kappa shape index (κ1) is 29.4. The van der Waals surface area contributed by atoms with Gasteiger partial charge in [-0.15, -0.1) is 0 Å². The van der Waals surface area contributed by atoms with Crippen LogP contribution < -0.4 is 0 Å². The van der Waals surface area contributed by atoms with Crippen LogP contribution in [0.5, 0.6) is 0 Å². The molecule has 0 aliphatic heterocycles. The van der Waals surface area contributed by atoms with Crippen LogP contribution in [-0.4, -0.2) is 27.4 Å². The van der Waals surface area contributed by atoms with Gasteiger partial charge in [0.25, 0.3) is 0 Å². The van der Waals surface area contributed by atoms with Crippen LogP contribution >= 0.6 is 24.2 Å².